The maximum Gasteiger partial charge on any atom is 0.220 e. The Morgan fingerprint density at radius 2 is 1.75 bits per heavy atom. The second-order valence-electron chi connectivity index (χ2n) is 5.96. The summed E-state index contributed by atoms with van der Waals surface area (Å²) in [5, 5.41) is 0. The van der Waals surface area contributed by atoms with Crippen LogP contribution in [0, 0.1) is 18.6 Å². The highest BCUT2D eigenvalue weighted by Crippen LogP contribution is 2.18. The van der Waals surface area contributed by atoms with Gasteiger partial charge in [0.2, 0.25) is 5.95 Å². The Balaban J connectivity index is 0.00000288. The molecule has 0 bridgehead atoms. The molecule has 0 radical (unpaired) electrons. The summed E-state index contributed by atoms with van der Waals surface area (Å²) in [6.07, 6.45) is 1.53. The molecule has 0 aliphatic carbocycles. The van der Waals surface area contributed by atoms with E-state index in [9.17, 15) is 8.78 Å². The summed E-state index contributed by atoms with van der Waals surface area (Å²) < 4.78 is 27.8. The lowest BCUT2D eigenvalue weighted by atomic mass is 10.0. The molecule has 0 aliphatic rings. The van der Waals surface area contributed by atoms with Crippen molar-refractivity contribution in [1.29, 1.82) is 0 Å². The highest BCUT2D eigenvalue weighted by atomic mass is 35.5. The lowest BCUT2D eigenvalue weighted by Crippen LogP contribution is -2.15. The van der Waals surface area contributed by atoms with Crippen molar-refractivity contribution in [2.75, 3.05) is 26.4 Å². The quantitative estimate of drug-likeness (QED) is 0.864. The molecule has 2 N–H and O–H groups in total. The normalized spacial score (nSPS) is 10.8. The van der Waals surface area contributed by atoms with E-state index in [4.69, 9.17) is 5.73 Å². The van der Waals surface area contributed by atoms with E-state index in [0.29, 0.717) is 24.8 Å². The summed E-state index contributed by atoms with van der Waals surface area (Å²) in [5.74, 6) is -1.38. The van der Waals surface area contributed by atoms with Gasteiger partial charge in [-0.3, -0.25) is 0 Å². The third-order valence-corrected chi connectivity index (χ3v) is 3.59. The van der Waals surface area contributed by atoms with Gasteiger partial charge in [0.05, 0.1) is 0 Å². The fraction of sp³-hybridized carbons (Fsp3) is 0.412. The first-order chi connectivity index (χ1) is 10.8. The second kappa shape index (κ2) is 8.89. The van der Waals surface area contributed by atoms with Crippen molar-refractivity contribution in [3.05, 3.63) is 52.3 Å². The zero-order valence-electron chi connectivity index (χ0n) is 14.1. The number of hydrogen-bond acceptors (Lipinski definition) is 4. The topological polar surface area (TPSA) is 55.0 Å². The number of aryl methyl sites for hydroxylation is 3. The van der Waals surface area contributed by atoms with Gasteiger partial charge in [0.1, 0.15) is 0 Å². The van der Waals surface area contributed by atoms with Crippen molar-refractivity contribution >= 4 is 18.4 Å². The Kier molecular flexibility index (Phi) is 7.51. The van der Waals surface area contributed by atoms with Crippen molar-refractivity contribution in [1.82, 2.24) is 14.9 Å². The Labute approximate surface area is 147 Å². The SMILES string of the molecule is Cc1cc(CCc2cc(CCN(C)C)cc(F)c2F)nc(N)n1.Cl. The highest BCUT2D eigenvalue weighted by Gasteiger charge is 2.12. The van der Waals surface area contributed by atoms with Gasteiger partial charge in [0.25, 0.3) is 0 Å². The van der Waals surface area contributed by atoms with Gasteiger partial charge in [-0.15, -0.1) is 12.4 Å². The molecule has 0 aliphatic heterocycles. The van der Waals surface area contributed by atoms with Crippen LogP contribution in [0.1, 0.15) is 22.5 Å². The fourth-order valence-electron chi connectivity index (χ4n) is 2.44. The molecule has 7 heteroatoms. The van der Waals surface area contributed by atoms with E-state index in [1.165, 1.54) is 6.07 Å². The number of aromatic nitrogens is 2. The average molecular weight is 357 g/mol. The number of nitrogen functional groups attached to an aromatic ring is 1. The van der Waals surface area contributed by atoms with Gasteiger partial charge in [-0.25, -0.2) is 18.7 Å². The molecule has 0 saturated carbocycles. The standard InChI is InChI=1S/C17H22F2N4.ClH/c1-11-8-14(22-17(20)21-11)5-4-13-9-12(6-7-23(2)3)10-15(18)16(13)19;/h8-10H,4-7H2,1-3H3,(H2,20,21,22);1H. The first-order valence-electron chi connectivity index (χ1n) is 7.56. The lowest BCUT2D eigenvalue weighted by Gasteiger charge is -2.12. The van der Waals surface area contributed by atoms with Gasteiger partial charge in [-0.05, 0) is 63.5 Å². The minimum atomic E-state index is -0.797. The van der Waals surface area contributed by atoms with Crippen LogP contribution < -0.4 is 5.73 Å². The molecule has 132 valence electrons. The van der Waals surface area contributed by atoms with Crippen LogP contribution in [-0.2, 0) is 19.3 Å². The van der Waals surface area contributed by atoms with Gasteiger partial charge in [0.15, 0.2) is 11.6 Å². The molecule has 0 unspecified atom stereocenters. The van der Waals surface area contributed by atoms with Crippen molar-refractivity contribution < 1.29 is 8.78 Å². The third-order valence-electron chi connectivity index (χ3n) is 3.59. The fourth-order valence-corrected chi connectivity index (χ4v) is 2.44. The molecule has 1 aromatic carbocycles. The average Bonchev–Trinajstić information content (AvgIpc) is 2.46. The van der Waals surface area contributed by atoms with Crippen LogP contribution in [0.15, 0.2) is 18.2 Å². The Bertz CT molecular complexity index is 672. The van der Waals surface area contributed by atoms with E-state index in [-0.39, 0.29) is 18.4 Å². The first-order valence-corrected chi connectivity index (χ1v) is 7.56. The van der Waals surface area contributed by atoms with Crippen molar-refractivity contribution in [3.8, 4) is 0 Å². The van der Waals surface area contributed by atoms with Crippen LogP contribution in [0.4, 0.5) is 14.7 Å². The molecule has 2 rings (SSSR count). The molecule has 0 amide bonds. The zero-order valence-corrected chi connectivity index (χ0v) is 15.0. The molecule has 0 atom stereocenters. The van der Waals surface area contributed by atoms with E-state index in [2.05, 4.69) is 9.97 Å². The van der Waals surface area contributed by atoms with E-state index in [1.807, 2.05) is 25.9 Å². The first kappa shape index (κ1) is 20.3. The molecular weight excluding hydrogens is 334 g/mol. The summed E-state index contributed by atoms with van der Waals surface area (Å²) in [4.78, 5) is 10.1. The number of nitrogens with two attached hydrogens (primary N) is 1. The summed E-state index contributed by atoms with van der Waals surface area (Å²) in [6.45, 7) is 2.61. The van der Waals surface area contributed by atoms with E-state index in [1.54, 1.807) is 12.1 Å². The van der Waals surface area contributed by atoms with E-state index >= 15 is 0 Å². The summed E-state index contributed by atoms with van der Waals surface area (Å²) in [5.41, 5.74) is 8.27. The van der Waals surface area contributed by atoms with Crippen molar-refractivity contribution in [3.63, 3.8) is 0 Å². The summed E-state index contributed by atoms with van der Waals surface area (Å²) >= 11 is 0. The Morgan fingerprint density at radius 3 is 2.38 bits per heavy atom. The molecule has 1 aromatic heterocycles. The third kappa shape index (κ3) is 5.69. The highest BCUT2D eigenvalue weighted by molar-refractivity contribution is 5.85. The van der Waals surface area contributed by atoms with Crippen LogP contribution in [0.5, 0.6) is 0 Å². The molecule has 4 nitrogen and oxygen atoms in total. The van der Waals surface area contributed by atoms with Gasteiger partial charge >= 0.3 is 0 Å². The number of hydrogen-bond donors (Lipinski definition) is 1. The van der Waals surface area contributed by atoms with Crippen molar-refractivity contribution in [2.45, 2.75) is 26.2 Å². The maximum atomic E-state index is 14.0. The predicted molar refractivity (Wildman–Crippen MR) is 94.5 cm³/mol. The lowest BCUT2D eigenvalue weighted by molar-refractivity contribution is 0.412. The van der Waals surface area contributed by atoms with Crippen LogP contribution in [0.2, 0.25) is 0 Å². The molecule has 0 spiro atoms. The number of halogens is 3. The Morgan fingerprint density at radius 1 is 1.04 bits per heavy atom. The monoisotopic (exact) mass is 356 g/mol. The summed E-state index contributed by atoms with van der Waals surface area (Å²) in [6, 6.07) is 4.81. The largest absolute Gasteiger partial charge is 0.368 e. The van der Waals surface area contributed by atoms with Crippen LogP contribution in [0.3, 0.4) is 0 Å². The van der Waals surface area contributed by atoms with E-state index in [0.717, 1.165) is 23.5 Å². The van der Waals surface area contributed by atoms with Crippen LogP contribution in [0.25, 0.3) is 0 Å². The Hall–Kier alpha value is -1.79. The van der Waals surface area contributed by atoms with Gasteiger partial charge < -0.3 is 10.6 Å². The van der Waals surface area contributed by atoms with Gasteiger partial charge in [0, 0.05) is 17.9 Å². The number of rotatable bonds is 6. The zero-order chi connectivity index (χ0) is 17.0. The number of likely N-dealkylation sites (N-methyl/N-ethyl adjacent to an activating group) is 1. The molecule has 24 heavy (non-hydrogen) atoms. The molecule has 2 aromatic rings. The second-order valence-corrected chi connectivity index (χ2v) is 5.96. The number of benzene rings is 1. The van der Waals surface area contributed by atoms with E-state index < -0.39 is 11.6 Å². The van der Waals surface area contributed by atoms with Crippen LogP contribution >= 0.6 is 12.4 Å². The molecule has 0 fully saturated rings. The smallest absolute Gasteiger partial charge is 0.220 e. The summed E-state index contributed by atoms with van der Waals surface area (Å²) in [7, 11) is 3.89. The van der Waals surface area contributed by atoms with Gasteiger partial charge in [-0.1, -0.05) is 6.07 Å². The van der Waals surface area contributed by atoms with Gasteiger partial charge in [-0.2, -0.15) is 0 Å². The molecular formula is C17H23ClF2N4. The molecule has 0 saturated heterocycles. The van der Waals surface area contributed by atoms with Crippen molar-refractivity contribution in [2.24, 2.45) is 0 Å². The minimum absolute atomic E-state index is 0. The maximum absolute atomic E-state index is 14.0. The molecule has 1 heterocycles. The van der Waals surface area contributed by atoms with Crippen LogP contribution in [-0.4, -0.2) is 35.5 Å². The predicted octanol–water partition coefficient (Wildman–Crippen LogP) is 2.96. The number of anilines is 1. The number of nitrogens with zero attached hydrogens (tertiary/aromatic N) is 3. The minimum Gasteiger partial charge on any atom is -0.368 e.